The summed E-state index contributed by atoms with van der Waals surface area (Å²) in [6, 6.07) is 0. The van der Waals surface area contributed by atoms with Crippen molar-refractivity contribution in [3.8, 4) is 0 Å². The molecule has 2 atom stereocenters. The Labute approximate surface area is 62.2 Å². The van der Waals surface area contributed by atoms with Crippen LogP contribution in [-0.4, -0.2) is 24.5 Å². The molecule has 5 nitrogen and oxygen atoms in total. The lowest BCUT2D eigenvalue weighted by molar-refractivity contribution is -0.0489. The summed E-state index contributed by atoms with van der Waals surface area (Å²) in [5.74, 6) is 0. The first-order valence-corrected chi connectivity index (χ1v) is 3.35. The molecule has 0 N–H and O–H groups in total. The number of ether oxygens (including phenoxy) is 3. The normalized spacial score (nSPS) is 35.3. The van der Waals surface area contributed by atoms with E-state index in [2.05, 4.69) is 14.2 Å². The van der Waals surface area contributed by atoms with Gasteiger partial charge in [-0.3, -0.25) is 0 Å². The first-order chi connectivity index (χ1) is 5.25. The van der Waals surface area contributed by atoms with Gasteiger partial charge >= 0.3 is 12.3 Å². The molecule has 2 unspecified atom stereocenters. The number of hydrogen-bond donors (Lipinski definition) is 0. The van der Waals surface area contributed by atoms with E-state index >= 15 is 0 Å². The second-order valence-electron chi connectivity index (χ2n) is 2.49. The third kappa shape index (κ3) is 1.02. The van der Waals surface area contributed by atoms with Gasteiger partial charge < -0.3 is 14.2 Å². The molecular weight excluding hydrogens is 152 g/mol. The van der Waals surface area contributed by atoms with E-state index in [4.69, 9.17) is 0 Å². The highest BCUT2D eigenvalue weighted by molar-refractivity contribution is 5.78. The predicted octanol–water partition coefficient (Wildman–Crippen LogP) is 0.821. The summed E-state index contributed by atoms with van der Waals surface area (Å²) in [5, 5.41) is 0. The van der Waals surface area contributed by atoms with E-state index in [0.717, 1.165) is 12.8 Å². The van der Waals surface area contributed by atoms with Gasteiger partial charge in [-0.1, -0.05) is 0 Å². The quantitative estimate of drug-likeness (QED) is 0.385. The Hall–Kier alpha value is -1.26. The summed E-state index contributed by atoms with van der Waals surface area (Å²) >= 11 is 0. The van der Waals surface area contributed by atoms with Gasteiger partial charge in [0, 0.05) is 0 Å². The molecule has 1 saturated carbocycles. The van der Waals surface area contributed by atoms with Crippen molar-refractivity contribution in [2.24, 2.45) is 0 Å². The molecule has 0 amide bonds. The summed E-state index contributed by atoms with van der Waals surface area (Å²) < 4.78 is 13.4. The maximum Gasteiger partial charge on any atom is 0.518 e. The third-order valence-electron chi connectivity index (χ3n) is 1.81. The van der Waals surface area contributed by atoms with E-state index in [-0.39, 0.29) is 12.2 Å². The molecule has 0 aromatic rings. The monoisotopic (exact) mass is 158 g/mol. The van der Waals surface area contributed by atoms with Crippen LogP contribution in [0.25, 0.3) is 0 Å². The summed E-state index contributed by atoms with van der Waals surface area (Å²) in [6.07, 6.45) is -0.993. The number of rotatable bonds is 0. The Morgan fingerprint density at radius 1 is 1.00 bits per heavy atom. The Kier molecular flexibility index (Phi) is 1.24. The minimum atomic E-state index is -0.956. The van der Waals surface area contributed by atoms with Crippen molar-refractivity contribution in [1.82, 2.24) is 0 Å². The highest BCUT2D eigenvalue weighted by Crippen LogP contribution is 2.29. The van der Waals surface area contributed by atoms with Gasteiger partial charge in [-0.05, 0) is 12.8 Å². The van der Waals surface area contributed by atoms with Crippen LogP contribution in [0.2, 0.25) is 0 Å². The molecule has 1 aliphatic carbocycles. The molecule has 0 spiro atoms. The minimum Gasteiger partial charge on any atom is -0.427 e. The molecule has 0 radical (unpaired) electrons. The molecule has 1 heterocycles. The molecule has 11 heavy (non-hydrogen) atoms. The lowest BCUT2D eigenvalue weighted by Gasteiger charge is -2.30. The lowest BCUT2D eigenvalue weighted by atomic mass is 9.92. The molecule has 2 rings (SSSR count). The van der Waals surface area contributed by atoms with Crippen molar-refractivity contribution in [2.45, 2.75) is 25.0 Å². The topological polar surface area (TPSA) is 61.8 Å². The molecular formula is C6H6O5. The summed E-state index contributed by atoms with van der Waals surface area (Å²) in [4.78, 5) is 21.1. The zero-order valence-electron chi connectivity index (χ0n) is 5.61. The van der Waals surface area contributed by atoms with Crippen molar-refractivity contribution in [3.63, 3.8) is 0 Å². The number of hydrogen-bond acceptors (Lipinski definition) is 5. The van der Waals surface area contributed by atoms with Crippen LogP contribution in [0.5, 0.6) is 0 Å². The molecule has 5 heteroatoms. The number of carbonyl (C=O) groups excluding carboxylic acids is 2. The van der Waals surface area contributed by atoms with E-state index in [0.29, 0.717) is 0 Å². The van der Waals surface area contributed by atoms with Crippen molar-refractivity contribution < 1.29 is 23.8 Å². The summed E-state index contributed by atoms with van der Waals surface area (Å²) in [7, 11) is 0. The van der Waals surface area contributed by atoms with Gasteiger partial charge in [-0.15, -0.1) is 0 Å². The van der Waals surface area contributed by atoms with E-state index < -0.39 is 12.3 Å². The summed E-state index contributed by atoms with van der Waals surface area (Å²) in [5.41, 5.74) is 0. The van der Waals surface area contributed by atoms with Crippen LogP contribution in [-0.2, 0) is 14.2 Å². The molecule has 2 aliphatic rings. The largest absolute Gasteiger partial charge is 0.518 e. The van der Waals surface area contributed by atoms with Gasteiger partial charge in [-0.25, -0.2) is 9.59 Å². The van der Waals surface area contributed by atoms with Crippen molar-refractivity contribution in [1.29, 1.82) is 0 Å². The maximum absolute atomic E-state index is 10.5. The second kappa shape index (κ2) is 2.11. The Bertz CT molecular complexity index is 189. The van der Waals surface area contributed by atoms with Crippen LogP contribution in [0.15, 0.2) is 0 Å². The van der Waals surface area contributed by atoms with Crippen LogP contribution in [0.1, 0.15) is 12.8 Å². The van der Waals surface area contributed by atoms with Gasteiger partial charge in [0.05, 0.1) is 0 Å². The molecule has 0 aromatic carbocycles. The fourth-order valence-corrected chi connectivity index (χ4v) is 1.07. The SMILES string of the molecule is O=C1OC(=O)OC2CCC2O1. The first kappa shape index (κ1) is 6.45. The maximum atomic E-state index is 10.5. The Balaban J connectivity index is 2.09. The van der Waals surface area contributed by atoms with Gasteiger partial charge in [0.2, 0.25) is 0 Å². The van der Waals surface area contributed by atoms with Gasteiger partial charge in [0.15, 0.2) is 0 Å². The fraction of sp³-hybridized carbons (Fsp3) is 0.667. The third-order valence-corrected chi connectivity index (χ3v) is 1.81. The molecule has 1 saturated heterocycles. The highest BCUT2D eigenvalue weighted by Gasteiger charge is 2.41. The summed E-state index contributed by atoms with van der Waals surface area (Å²) in [6.45, 7) is 0. The standard InChI is InChI=1S/C6H6O5/c7-5-9-3-1-2-4(3)10-6(8)11-5/h3-4H,1-2H2. The van der Waals surface area contributed by atoms with Crippen LogP contribution < -0.4 is 0 Å². The molecule has 60 valence electrons. The number of fused-ring (bicyclic) bond motifs is 1. The van der Waals surface area contributed by atoms with Gasteiger partial charge in [-0.2, -0.15) is 0 Å². The predicted molar refractivity (Wildman–Crippen MR) is 30.9 cm³/mol. The van der Waals surface area contributed by atoms with Gasteiger partial charge in [0.1, 0.15) is 12.2 Å². The minimum absolute atomic E-state index is 0.283. The van der Waals surface area contributed by atoms with E-state index in [1.165, 1.54) is 0 Å². The van der Waals surface area contributed by atoms with Crippen molar-refractivity contribution >= 4 is 12.3 Å². The average molecular weight is 158 g/mol. The zero-order valence-corrected chi connectivity index (χ0v) is 5.61. The molecule has 1 aliphatic heterocycles. The van der Waals surface area contributed by atoms with E-state index in [9.17, 15) is 9.59 Å². The lowest BCUT2D eigenvalue weighted by Crippen LogP contribution is -2.40. The van der Waals surface area contributed by atoms with Crippen LogP contribution >= 0.6 is 0 Å². The van der Waals surface area contributed by atoms with Crippen LogP contribution in [0.4, 0.5) is 9.59 Å². The molecule has 0 bridgehead atoms. The van der Waals surface area contributed by atoms with Crippen molar-refractivity contribution in [2.75, 3.05) is 0 Å². The van der Waals surface area contributed by atoms with E-state index in [1.54, 1.807) is 0 Å². The average Bonchev–Trinajstić information content (AvgIpc) is 1.99. The Morgan fingerprint density at radius 2 is 1.45 bits per heavy atom. The van der Waals surface area contributed by atoms with Crippen molar-refractivity contribution in [3.05, 3.63) is 0 Å². The van der Waals surface area contributed by atoms with E-state index in [1.807, 2.05) is 0 Å². The Morgan fingerprint density at radius 3 is 1.82 bits per heavy atom. The van der Waals surface area contributed by atoms with Crippen LogP contribution in [0, 0.1) is 0 Å². The number of carbonyl (C=O) groups is 2. The number of cyclic esters (lactones) is 2. The molecule has 0 aromatic heterocycles. The highest BCUT2D eigenvalue weighted by atomic mass is 16.8. The zero-order chi connectivity index (χ0) is 7.84. The fourth-order valence-electron chi connectivity index (χ4n) is 1.07. The van der Waals surface area contributed by atoms with Crippen LogP contribution in [0.3, 0.4) is 0 Å². The molecule has 2 fully saturated rings. The van der Waals surface area contributed by atoms with Gasteiger partial charge in [0.25, 0.3) is 0 Å². The second-order valence-corrected chi connectivity index (χ2v) is 2.49. The first-order valence-electron chi connectivity index (χ1n) is 3.35. The smallest absolute Gasteiger partial charge is 0.427 e.